The topological polar surface area (TPSA) is 75.2 Å². The number of carbonyl (C=O) groups is 2. The number of fused-ring (bicyclic) bond motifs is 1. The Hall–Kier alpha value is -4.28. The SMILES string of the molecule is O=C(Nc1nccs1)[C@@H](c1ccccc1)N1Cc2ccc(C#Cc3cccnc3)cc2C1=O. The molecule has 0 radical (unpaired) electrons. The number of rotatable bonds is 4. The predicted octanol–water partition coefficient (Wildman–Crippen LogP) is 4.27. The second-order valence-electron chi connectivity index (χ2n) is 7.44. The molecule has 0 fully saturated rings. The highest BCUT2D eigenvalue weighted by molar-refractivity contribution is 7.13. The lowest BCUT2D eigenvalue weighted by molar-refractivity contribution is -0.120. The third-order valence-corrected chi connectivity index (χ3v) is 5.98. The van der Waals surface area contributed by atoms with Crippen molar-refractivity contribution in [3.63, 3.8) is 0 Å². The summed E-state index contributed by atoms with van der Waals surface area (Å²) in [5.41, 5.74) is 3.71. The third kappa shape index (κ3) is 4.38. The Labute approximate surface area is 194 Å². The van der Waals surface area contributed by atoms with Crippen molar-refractivity contribution in [1.82, 2.24) is 14.9 Å². The number of nitrogens with one attached hydrogen (secondary N) is 1. The summed E-state index contributed by atoms with van der Waals surface area (Å²) < 4.78 is 0. The number of aromatic nitrogens is 2. The fourth-order valence-corrected chi connectivity index (χ4v) is 4.29. The number of nitrogens with zero attached hydrogens (tertiary/aromatic N) is 3. The molecule has 0 bridgehead atoms. The normalized spacial score (nSPS) is 13.1. The van der Waals surface area contributed by atoms with Crippen LogP contribution in [0.3, 0.4) is 0 Å². The van der Waals surface area contributed by atoms with Crippen LogP contribution >= 0.6 is 11.3 Å². The van der Waals surface area contributed by atoms with Gasteiger partial charge in [0.05, 0.1) is 0 Å². The Bertz CT molecular complexity index is 1360. The summed E-state index contributed by atoms with van der Waals surface area (Å²) in [6, 6.07) is 17.8. The predicted molar refractivity (Wildman–Crippen MR) is 126 cm³/mol. The van der Waals surface area contributed by atoms with E-state index in [1.807, 2.05) is 54.6 Å². The Morgan fingerprint density at radius 2 is 1.88 bits per heavy atom. The average Bonchev–Trinajstić information content (AvgIpc) is 3.47. The molecule has 3 heterocycles. The second kappa shape index (κ2) is 9.07. The first-order valence-corrected chi connectivity index (χ1v) is 11.2. The van der Waals surface area contributed by atoms with Crippen LogP contribution in [0, 0.1) is 11.8 Å². The van der Waals surface area contributed by atoms with Crippen LogP contribution in [0.2, 0.25) is 0 Å². The lowest BCUT2D eigenvalue weighted by Gasteiger charge is -2.27. The lowest BCUT2D eigenvalue weighted by Crippen LogP contribution is -2.37. The quantitative estimate of drug-likeness (QED) is 0.471. The van der Waals surface area contributed by atoms with E-state index in [0.717, 1.165) is 22.3 Å². The van der Waals surface area contributed by atoms with Gasteiger partial charge in [-0.2, -0.15) is 0 Å². The number of benzene rings is 2. The highest BCUT2D eigenvalue weighted by atomic mass is 32.1. The van der Waals surface area contributed by atoms with Crippen molar-refractivity contribution in [2.45, 2.75) is 12.6 Å². The van der Waals surface area contributed by atoms with Crippen molar-refractivity contribution in [3.05, 3.63) is 112 Å². The van der Waals surface area contributed by atoms with Crippen LogP contribution in [-0.4, -0.2) is 26.7 Å². The molecule has 4 aromatic rings. The van der Waals surface area contributed by atoms with Crippen LogP contribution in [0.4, 0.5) is 5.13 Å². The molecular weight excluding hydrogens is 432 g/mol. The van der Waals surface area contributed by atoms with E-state index in [4.69, 9.17) is 0 Å². The van der Waals surface area contributed by atoms with Crippen LogP contribution < -0.4 is 5.32 Å². The van der Waals surface area contributed by atoms with Gasteiger partial charge in [-0.05, 0) is 35.4 Å². The summed E-state index contributed by atoms with van der Waals surface area (Å²) in [4.78, 5) is 36.5. The zero-order chi connectivity index (χ0) is 22.6. The molecule has 2 amide bonds. The number of pyridine rings is 1. The van der Waals surface area contributed by atoms with Crippen molar-refractivity contribution in [2.24, 2.45) is 0 Å². The van der Waals surface area contributed by atoms with Crippen molar-refractivity contribution in [2.75, 3.05) is 5.32 Å². The summed E-state index contributed by atoms with van der Waals surface area (Å²) >= 11 is 1.33. The molecule has 160 valence electrons. The van der Waals surface area contributed by atoms with Gasteiger partial charge < -0.3 is 4.90 Å². The zero-order valence-corrected chi connectivity index (χ0v) is 18.3. The Kier molecular flexibility index (Phi) is 5.66. The minimum Gasteiger partial charge on any atom is -0.318 e. The van der Waals surface area contributed by atoms with Gasteiger partial charge in [-0.25, -0.2) is 4.98 Å². The van der Waals surface area contributed by atoms with Gasteiger partial charge in [0, 0.05) is 47.2 Å². The number of hydrogen-bond acceptors (Lipinski definition) is 5. The van der Waals surface area contributed by atoms with Gasteiger partial charge in [-0.3, -0.25) is 19.9 Å². The average molecular weight is 451 g/mol. The van der Waals surface area contributed by atoms with Crippen LogP contribution in [0.5, 0.6) is 0 Å². The summed E-state index contributed by atoms with van der Waals surface area (Å²) in [5.74, 6) is 5.66. The van der Waals surface area contributed by atoms with Gasteiger partial charge in [0.15, 0.2) is 5.13 Å². The van der Waals surface area contributed by atoms with Gasteiger partial charge in [-0.1, -0.05) is 48.2 Å². The molecule has 0 aliphatic carbocycles. The number of carbonyl (C=O) groups excluding carboxylic acids is 2. The molecule has 0 spiro atoms. The number of thiazole rings is 1. The maximum absolute atomic E-state index is 13.4. The van der Waals surface area contributed by atoms with Gasteiger partial charge in [0.25, 0.3) is 11.8 Å². The van der Waals surface area contributed by atoms with E-state index in [-0.39, 0.29) is 11.8 Å². The van der Waals surface area contributed by atoms with E-state index in [2.05, 4.69) is 27.1 Å². The molecule has 33 heavy (non-hydrogen) atoms. The minimum atomic E-state index is -0.778. The monoisotopic (exact) mass is 450 g/mol. The van der Waals surface area contributed by atoms with E-state index in [1.165, 1.54) is 11.3 Å². The van der Waals surface area contributed by atoms with Gasteiger partial charge in [0.1, 0.15) is 6.04 Å². The van der Waals surface area contributed by atoms with Crippen LogP contribution in [0.1, 0.15) is 38.7 Å². The van der Waals surface area contributed by atoms with Gasteiger partial charge >= 0.3 is 0 Å². The first-order valence-electron chi connectivity index (χ1n) is 10.3. The van der Waals surface area contributed by atoms with Gasteiger partial charge in [0.2, 0.25) is 0 Å². The summed E-state index contributed by atoms with van der Waals surface area (Å²) in [5, 5.41) is 5.13. The number of anilines is 1. The molecule has 1 atom stereocenters. The minimum absolute atomic E-state index is 0.196. The Morgan fingerprint density at radius 3 is 2.64 bits per heavy atom. The van der Waals surface area contributed by atoms with E-state index in [0.29, 0.717) is 17.2 Å². The molecular formula is C26H18N4O2S. The molecule has 0 saturated heterocycles. The second-order valence-corrected chi connectivity index (χ2v) is 8.33. The maximum atomic E-state index is 13.4. The van der Waals surface area contributed by atoms with Crippen LogP contribution in [0.15, 0.2) is 84.6 Å². The lowest BCUT2D eigenvalue weighted by atomic mass is 10.0. The Balaban J connectivity index is 1.44. The van der Waals surface area contributed by atoms with Crippen LogP contribution in [0.25, 0.3) is 0 Å². The fraction of sp³-hybridized carbons (Fsp3) is 0.0769. The molecule has 2 aromatic heterocycles. The Morgan fingerprint density at radius 1 is 1.03 bits per heavy atom. The number of hydrogen-bond donors (Lipinski definition) is 1. The van der Waals surface area contributed by atoms with E-state index in [9.17, 15) is 9.59 Å². The van der Waals surface area contributed by atoms with Crippen molar-refractivity contribution in [3.8, 4) is 11.8 Å². The first-order chi connectivity index (χ1) is 16.2. The summed E-state index contributed by atoms with van der Waals surface area (Å²) in [6.07, 6.45) is 5.02. The molecule has 5 rings (SSSR count). The highest BCUT2D eigenvalue weighted by Crippen LogP contribution is 2.33. The molecule has 1 N–H and O–H groups in total. The van der Waals surface area contributed by atoms with Crippen molar-refractivity contribution in [1.29, 1.82) is 0 Å². The number of amides is 2. The standard InChI is InChI=1S/C26H18N4O2S/c31-24(29-26-28-13-14-33-26)23(20-6-2-1-3-7-20)30-17-21-11-10-18(15-22(21)25(30)32)8-9-19-5-4-12-27-16-19/h1-7,10-16,23H,17H2,(H,28,29,31)/t23-/m1/s1. The molecule has 0 unspecified atom stereocenters. The molecule has 6 nitrogen and oxygen atoms in total. The molecule has 1 aliphatic heterocycles. The molecule has 0 saturated carbocycles. The van der Waals surface area contributed by atoms with Gasteiger partial charge in [-0.15, -0.1) is 11.3 Å². The van der Waals surface area contributed by atoms with Crippen molar-refractivity contribution < 1.29 is 9.59 Å². The van der Waals surface area contributed by atoms with Crippen molar-refractivity contribution >= 4 is 28.3 Å². The fourth-order valence-electron chi connectivity index (χ4n) is 3.76. The maximum Gasteiger partial charge on any atom is 0.255 e. The van der Waals surface area contributed by atoms with Crippen LogP contribution in [-0.2, 0) is 11.3 Å². The highest BCUT2D eigenvalue weighted by Gasteiger charge is 2.37. The van der Waals surface area contributed by atoms with E-state index in [1.54, 1.807) is 34.9 Å². The molecule has 7 heteroatoms. The largest absolute Gasteiger partial charge is 0.318 e. The summed E-state index contributed by atoms with van der Waals surface area (Å²) in [6.45, 7) is 0.343. The third-order valence-electron chi connectivity index (χ3n) is 5.29. The summed E-state index contributed by atoms with van der Waals surface area (Å²) in [7, 11) is 0. The van der Waals surface area contributed by atoms with E-state index >= 15 is 0 Å². The molecule has 2 aromatic carbocycles. The smallest absolute Gasteiger partial charge is 0.255 e. The first kappa shape index (κ1) is 20.6. The zero-order valence-electron chi connectivity index (χ0n) is 17.4. The molecule has 1 aliphatic rings. The van der Waals surface area contributed by atoms with E-state index < -0.39 is 6.04 Å².